The molecule has 3 heteroatoms. The monoisotopic (exact) mass is 270 g/mol. The maximum absolute atomic E-state index is 9.20. The van der Waals surface area contributed by atoms with Crippen LogP contribution in [0.15, 0.2) is 0 Å². The predicted molar refractivity (Wildman–Crippen MR) is 82.5 cm³/mol. The molecule has 1 aliphatic carbocycles. The average Bonchev–Trinajstić information content (AvgIpc) is 2.88. The van der Waals surface area contributed by atoms with Gasteiger partial charge in [-0.1, -0.05) is 33.6 Å². The van der Waals surface area contributed by atoms with E-state index < -0.39 is 0 Å². The smallest absolute Gasteiger partial charge is 0.0446 e. The van der Waals surface area contributed by atoms with Crippen molar-refractivity contribution in [3.05, 3.63) is 0 Å². The molecular weight excluding hydrogens is 236 g/mol. The van der Waals surface area contributed by atoms with Crippen LogP contribution >= 0.6 is 0 Å². The Balaban J connectivity index is 2.49. The van der Waals surface area contributed by atoms with Gasteiger partial charge in [0.15, 0.2) is 0 Å². The molecule has 1 rings (SSSR count). The molecular formula is C16H34N2O. The van der Waals surface area contributed by atoms with Crippen molar-refractivity contribution in [1.29, 1.82) is 0 Å². The molecule has 1 unspecified atom stereocenters. The first-order valence-electron chi connectivity index (χ1n) is 8.25. The molecule has 19 heavy (non-hydrogen) atoms. The van der Waals surface area contributed by atoms with Crippen LogP contribution in [0.2, 0.25) is 0 Å². The fourth-order valence-electron chi connectivity index (χ4n) is 3.10. The van der Waals surface area contributed by atoms with Gasteiger partial charge in [-0.15, -0.1) is 0 Å². The number of hydrogen-bond acceptors (Lipinski definition) is 3. The Morgan fingerprint density at radius 2 is 1.89 bits per heavy atom. The van der Waals surface area contributed by atoms with Gasteiger partial charge in [0.05, 0.1) is 0 Å². The predicted octanol–water partition coefficient (Wildman–Crippen LogP) is 2.64. The maximum Gasteiger partial charge on any atom is 0.0446 e. The summed E-state index contributed by atoms with van der Waals surface area (Å²) in [5.41, 5.74) is 0. The average molecular weight is 270 g/mol. The van der Waals surface area contributed by atoms with Crippen molar-refractivity contribution in [3.8, 4) is 0 Å². The highest BCUT2D eigenvalue weighted by Gasteiger charge is 2.24. The fourth-order valence-corrected chi connectivity index (χ4v) is 3.10. The number of hydrogen-bond donors (Lipinski definition) is 2. The molecule has 0 aliphatic heterocycles. The van der Waals surface area contributed by atoms with Crippen LogP contribution in [0.4, 0.5) is 0 Å². The number of rotatable bonds is 10. The van der Waals surface area contributed by atoms with Gasteiger partial charge < -0.3 is 10.4 Å². The van der Waals surface area contributed by atoms with E-state index in [-0.39, 0.29) is 0 Å². The van der Waals surface area contributed by atoms with Gasteiger partial charge in [-0.2, -0.15) is 0 Å². The third-order valence-electron chi connectivity index (χ3n) is 4.26. The molecule has 0 radical (unpaired) electrons. The summed E-state index contributed by atoms with van der Waals surface area (Å²) in [4.78, 5) is 2.69. The van der Waals surface area contributed by atoms with Gasteiger partial charge in [-0.3, -0.25) is 4.90 Å². The molecule has 0 bridgehead atoms. The topological polar surface area (TPSA) is 35.5 Å². The van der Waals surface area contributed by atoms with E-state index in [9.17, 15) is 5.11 Å². The minimum absolute atomic E-state index is 0.292. The first-order valence-corrected chi connectivity index (χ1v) is 8.25. The second kappa shape index (κ2) is 9.73. The Morgan fingerprint density at radius 1 is 1.21 bits per heavy atom. The summed E-state index contributed by atoms with van der Waals surface area (Å²) in [5, 5.41) is 12.7. The minimum Gasteiger partial charge on any atom is -0.396 e. The first-order chi connectivity index (χ1) is 9.17. The number of nitrogens with one attached hydrogen (secondary N) is 1. The van der Waals surface area contributed by atoms with Crippen molar-refractivity contribution in [1.82, 2.24) is 10.2 Å². The number of aliphatic hydroxyl groups excluding tert-OH is 1. The summed E-state index contributed by atoms with van der Waals surface area (Å²) >= 11 is 0. The fraction of sp³-hybridized carbons (Fsp3) is 1.00. The van der Waals surface area contributed by atoms with Crippen molar-refractivity contribution in [2.45, 2.75) is 71.4 Å². The Morgan fingerprint density at radius 3 is 2.42 bits per heavy atom. The molecule has 1 saturated carbocycles. The molecule has 3 nitrogen and oxygen atoms in total. The SMILES string of the molecule is CCNC(CCO)CN(CCC(C)C)C1CCCC1. The zero-order chi connectivity index (χ0) is 14.1. The third kappa shape index (κ3) is 6.73. The van der Waals surface area contributed by atoms with Crippen LogP contribution in [-0.4, -0.2) is 48.3 Å². The van der Waals surface area contributed by atoms with E-state index in [2.05, 4.69) is 31.0 Å². The van der Waals surface area contributed by atoms with Crippen molar-refractivity contribution in [3.63, 3.8) is 0 Å². The summed E-state index contributed by atoms with van der Waals surface area (Å²) < 4.78 is 0. The van der Waals surface area contributed by atoms with Gasteiger partial charge in [0.25, 0.3) is 0 Å². The zero-order valence-corrected chi connectivity index (χ0v) is 13.2. The van der Waals surface area contributed by atoms with Crippen LogP contribution < -0.4 is 5.32 Å². The van der Waals surface area contributed by atoms with E-state index in [4.69, 9.17) is 0 Å². The molecule has 0 heterocycles. The summed E-state index contributed by atoms with van der Waals surface area (Å²) in [6.07, 6.45) is 7.70. The first kappa shape index (κ1) is 16.9. The molecule has 0 saturated heterocycles. The minimum atomic E-state index is 0.292. The standard InChI is InChI=1S/C16H34N2O/c1-4-17-15(10-12-19)13-18(11-9-14(2)3)16-7-5-6-8-16/h14-17,19H,4-13H2,1-3H3. The quantitative estimate of drug-likeness (QED) is 0.640. The van der Waals surface area contributed by atoms with E-state index in [0.717, 1.165) is 31.5 Å². The summed E-state index contributed by atoms with van der Waals surface area (Å²) in [5.74, 6) is 0.777. The van der Waals surface area contributed by atoms with Crippen LogP contribution in [0, 0.1) is 5.92 Å². The Hall–Kier alpha value is -0.120. The van der Waals surface area contributed by atoms with Gasteiger partial charge in [0.1, 0.15) is 0 Å². The molecule has 1 atom stereocenters. The number of nitrogens with zero attached hydrogens (tertiary/aromatic N) is 1. The van der Waals surface area contributed by atoms with E-state index in [1.54, 1.807) is 0 Å². The highest BCUT2D eigenvalue weighted by molar-refractivity contribution is 4.81. The molecule has 0 aromatic rings. The Labute approximate surface area is 119 Å². The van der Waals surface area contributed by atoms with E-state index >= 15 is 0 Å². The van der Waals surface area contributed by atoms with Crippen molar-refractivity contribution >= 4 is 0 Å². The molecule has 0 aromatic heterocycles. The zero-order valence-electron chi connectivity index (χ0n) is 13.2. The Kier molecular flexibility index (Phi) is 8.67. The lowest BCUT2D eigenvalue weighted by atomic mass is 10.1. The summed E-state index contributed by atoms with van der Waals surface area (Å²) in [6.45, 7) is 10.4. The van der Waals surface area contributed by atoms with Crippen LogP contribution in [0.1, 0.15) is 59.3 Å². The lowest BCUT2D eigenvalue weighted by Crippen LogP contribution is -2.45. The highest BCUT2D eigenvalue weighted by Crippen LogP contribution is 2.24. The lowest BCUT2D eigenvalue weighted by molar-refractivity contribution is 0.156. The number of likely N-dealkylation sites (N-methyl/N-ethyl adjacent to an activating group) is 1. The van der Waals surface area contributed by atoms with Crippen molar-refractivity contribution < 1.29 is 5.11 Å². The number of aliphatic hydroxyl groups is 1. The third-order valence-corrected chi connectivity index (χ3v) is 4.26. The molecule has 1 fully saturated rings. The lowest BCUT2D eigenvalue weighted by Gasteiger charge is -2.33. The second-order valence-electron chi connectivity index (χ2n) is 6.38. The largest absolute Gasteiger partial charge is 0.396 e. The normalized spacial score (nSPS) is 18.6. The van der Waals surface area contributed by atoms with E-state index in [0.29, 0.717) is 12.6 Å². The van der Waals surface area contributed by atoms with Gasteiger partial charge in [0, 0.05) is 25.2 Å². The molecule has 0 amide bonds. The Bertz CT molecular complexity index is 209. The second-order valence-corrected chi connectivity index (χ2v) is 6.38. The van der Waals surface area contributed by atoms with Crippen LogP contribution in [-0.2, 0) is 0 Å². The molecule has 1 aliphatic rings. The molecule has 114 valence electrons. The highest BCUT2D eigenvalue weighted by atomic mass is 16.3. The van der Waals surface area contributed by atoms with Gasteiger partial charge in [-0.05, 0) is 44.7 Å². The van der Waals surface area contributed by atoms with Crippen molar-refractivity contribution in [2.75, 3.05) is 26.2 Å². The summed E-state index contributed by atoms with van der Waals surface area (Å²) in [6, 6.07) is 1.24. The van der Waals surface area contributed by atoms with Crippen molar-refractivity contribution in [2.24, 2.45) is 5.92 Å². The van der Waals surface area contributed by atoms with Gasteiger partial charge in [0.2, 0.25) is 0 Å². The van der Waals surface area contributed by atoms with Crippen LogP contribution in [0.5, 0.6) is 0 Å². The van der Waals surface area contributed by atoms with Crippen LogP contribution in [0.3, 0.4) is 0 Å². The van der Waals surface area contributed by atoms with Gasteiger partial charge in [-0.25, -0.2) is 0 Å². The van der Waals surface area contributed by atoms with Crippen LogP contribution in [0.25, 0.3) is 0 Å². The summed E-state index contributed by atoms with van der Waals surface area (Å²) in [7, 11) is 0. The molecule has 0 aromatic carbocycles. The molecule has 0 spiro atoms. The van der Waals surface area contributed by atoms with E-state index in [1.165, 1.54) is 38.6 Å². The van der Waals surface area contributed by atoms with Gasteiger partial charge >= 0.3 is 0 Å². The maximum atomic E-state index is 9.20. The molecule has 2 N–H and O–H groups in total. The van der Waals surface area contributed by atoms with E-state index in [1.807, 2.05) is 0 Å².